The number of hydrogen-bond acceptors (Lipinski definition) is 19. The summed E-state index contributed by atoms with van der Waals surface area (Å²) in [6.45, 7) is 3.02. The highest BCUT2D eigenvalue weighted by molar-refractivity contribution is 6.19. The molecule has 0 bridgehead atoms. The third kappa shape index (κ3) is 22.7. The van der Waals surface area contributed by atoms with Crippen molar-refractivity contribution >= 4 is 92.5 Å². The normalized spacial score (nSPS) is 14.6. The number of nitro groups is 4. The van der Waals surface area contributed by atoms with Gasteiger partial charge in [-0.3, -0.25) is 74.1 Å². The highest BCUT2D eigenvalue weighted by atomic mass is 19.4. The summed E-state index contributed by atoms with van der Waals surface area (Å²) in [7, 11) is 0. The lowest BCUT2D eigenvalue weighted by Gasteiger charge is -2.20. The van der Waals surface area contributed by atoms with Gasteiger partial charge in [0.05, 0.1) is 50.2 Å². The Hall–Kier alpha value is -10.9. The van der Waals surface area contributed by atoms with Gasteiger partial charge >= 0.3 is 48.8 Å². The minimum Gasteiger partial charge on any atom is -0.481 e. The number of carboxylic acids is 1. The lowest BCUT2D eigenvalue weighted by molar-refractivity contribution is -0.388. The van der Waals surface area contributed by atoms with Gasteiger partial charge in [0, 0.05) is 99.6 Å². The van der Waals surface area contributed by atoms with Gasteiger partial charge in [-0.25, -0.2) is 0 Å². The molecule has 4 aliphatic rings. The number of benzene rings is 5. The number of nitrogens with two attached hydrogens (primary N) is 2. The average Bonchev–Trinajstić information content (AvgIpc) is 1.76. The van der Waals surface area contributed by atoms with E-state index in [-0.39, 0.29) is 49.9 Å². The number of nitro benzene ring substituents is 4. The number of nitrogens with one attached hydrogen (secondary N) is 1. The van der Waals surface area contributed by atoms with Crippen LogP contribution in [0.3, 0.4) is 0 Å². The summed E-state index contributed by atoms with van der Waals surface area (Å²) in [4.78, 5) is 106. The van der Waals surface area contributed by atoms with Crippen LogP contribution in [0, 0.1) is 40.5 Å². The number of cyclic esters (lactones) is 2. The van der Waals surface area contributed by atoms with E-state index in [1.807, 2.05) is 4.90 Å². The number of halogens is 15. The van der Waals surface area contributed by atoms with Gasteiger partial charge in [-0.2, -0.15) is 65.9 Å². The molecule has 5 aromatic carbocycles. The fourth-order valence-corrected chi connectivity index (χ4v) is 8.78. The third-order valence-electron chi connectivity index (χ3n) is 13.2. The number of rotatable bonds is 11. The zero-order valence-corrected chi connectivity index (χ0v) is 48.6. The summed E-state index contributed by atoms with van der Waals surface area (Å²) in [6.07, 6.45) is -20.4. The largest absolute Gasteiger partial charge is 0.481 e. The maximum atomic E-state index is 12.8. The smallest absolute Gasteiger partial charge is 0.423 e. The Kier molecular flexibility index (Phi) is 26.1. The molecule has 0 saturated carbocycles. The molecule has 0 aromatic heterocycles. The molecule has 0 atom stereocenters. The van der Waals surface area contributed by atoms with Crippen LogP contribution in [0.25, 0.3) is 0 Å². The maximum Gasteiger partial charge on any atom is 0.423 e. The zero-order chi connectivity index (χ0) is 72.6. The van der Waals surface area contributed by atoms with Gasteiger partial charge in [-0.1, -0.05) is 0 Å². The number of nitrogen functional groups attached to an aromatic ring is 2. The highest BCUT2D eigenvalue weighted by Crippen LogP contribution is 2.43. The molecule has 522 valence electrons. The topological polar surface area (TPSA) is 378 Å². The molecule has 9 rings (SSSR count). The number of hydrogen-bond donors (Lipinski definition) is 4. The molecule has 0 radical (unpaired) electrons. The van der Waals surface area contributed by atoms with Gasteiger partial charge in [0.25, 0.3) is 22.7 Å². The number of carboxylic acid groups (broad SMARTS) is 1. The number of amides is 3. The van der Waals surface area contributed by atoms with Crippen molar-refractivity contribution in [3.8, 4) is 0 Å². The molecule has 0 aliphatic carbocycles. The zero-order valence-electron chi connectivity index (χ0n) is 48.6. The Balaban J connectivity index is 0.000000308. The molecule has 6 N–H and O–H groups in total. The minimum atomic E-state index is -4.95. The van der Waals surface area contributed by atoms with Crippen molar-refractivity contribution in [3.63, 3.8) is 0 Å². The number of nitrogens with zero attached hydrogens (tertiary/aromatic N) is 7. The summed E-state index contributed by atoms with van der Waals surface area (Å²) < 4.78 is 193. The number of esters is 2. The molecule has 26 nitrogen and oxygen atoms in total. The molecule has 3 amide bonds. The predicted molar refractivity (Wildman–Crippen MR) is 305 cm³/mol. The van der Waals surface area contributed by atoms with E-state index >= 15 is 0 Å². The molecule has 41 heteroatoms. The fourth-order valence-electron chi connectivity index (χ4n) is 8.78. The summed E-state index contributed by atoms with van der Waals surface area (Å²) >= 11 is 0. The van der Waals surface area contributed by atoms with Crippen LogP contribution in [0.4, 0.5) is 123 Å². The van der Waals surface area contributed by atoms with E-state index in [1.54, 1.807) is 11.0 Å². The second-order valence-corrected chi connectivity index (χ2v) is 20.0. The monoisotopic (exact) mass is 1390 g/mol. The molecular weight excluding hydrogens is 1340 g/mol. The first-order valence-corrected chi connectivity index (χ1v) is 27.1. The van der Waals surface area contributed by atoms with Gasteiger partial charge in [-0.05, 0) is 92.4 Å². The van der Waals surface area contributed by atoms with Gasteiger partial charge in [0.1, 0.15) is 22.3 Å². The first-order valence-electron chi connectivity index (χ1n) is 27.1. The Morgan fingerprint density at radius 3 is 1.17 bits per heavy atom. The second-order valence-electron chi connectivity index (χ2n) is 20.0. The quantitative estimate of drug-likeness (QED) is 0.0181. The Morgan fingerprint density at radius 1 is 0.469 bits per heavy atom. The minimum absolute atomic E-state index is 0. The average molecular weight is 1390 g/mol. The standard InChI is InChI=1S/C11H9F3N2O5.C11H7F3N2O4.C11H11F3N2O2.C11H13F3N2.C7H5F3N2O2.C4H4O3.H2/c12-11(13,14)7-5-6(1-2-8(7)16(20)21)15-9(17)3-4-10(18)19;12-11(13,14)7-5-6(1-2-8(7)16(19)20)15-9(17)3-4-10(15)18;12-11(13,14)9-7-8(15-5-1-2-6-15)3-4-10(9)16(17)18;12-11(13,14)9-7-8(3-4-10(9)15)16-5-1-2-6-16;8-7(9,10)5-3-4(11)1-2-6(5)12(13)14;5-3-1-2-4(6)7-3;/h1-2,5H,3-4H2,(H,15,17)(H,18,19);1-2,5H,3-4H2;3-4,7H,1-2,5-6H2;3-4,7H,1-2,5-6,15H2;1-3H,11H2;1-2H2;1H. The summed E-state index contributed by atoms with van der Waals surface area (Å²) in [5.74, 6) is -4.09. The van der Waals surface area contributed by atoms with Crippen molar-refractivity contribution < 1.29 is 126 Å². The van der Waals surface area contributed by atoms with Crippen LogP contribution in [0.2, 0.25) is 0 Å². The Bertz CT molecular complexity index is 3720. The van der Waals surface area contributed by atoms with Crippen LogP contribution in [-0.4, -0.2) is 86.6 Å². The van der Waals surface area contributed by atoms with Gasteiger partial charge in [-0.15, -0.1) is 0 Å². The second kappa shape index (κ2) is 32.3. The summed E-state index contributed by atoms with van der Waals surface area (Å²) in [5, 5.41) is 52.4. The van der Waals surface area contributed by atoms with E-state index in [2.05, 4.69) is 10.1 Å². The van der Waals surface area contributed by atoms with Gasteiger partial charge < -0.3 is 36.4 Å². The van der Waals surface area contributed by atoms with Gasteiger partial charge in [0.15, 0.2) is 0 Å². The van der Waals surface area contributed by atoms with Crippen LogP contribution < -0.4 is 31.5 Å². The Morgan fingerprint density at radius 2 is 0.802 bits per heavy atom. The molecule has 0 spiro atoms. The van der Waals surface area contributed by atoms with Crippen molar-refractivity contribution in [1.82, 2.24) is 0 Å². The van der Waals surface area contributed by atoms with Crippen molar-refractivity contribution in [2.24, 2.45) is 0 Å². The van der Waals surface area contributed by atoms with Crippen LogP contribution in [-0.2, 0) is 64.4 Å². The van der Waals surface area contributed by atoms with E-state index in [9.17, 15) is 135 Å². The number of carbonyl (C=O) groups is 6. The summed E-state index contributed by atoms with van der Waals surface area (Å²) in [5.41, 5.74) is 0.0601. The SMILES string of the molecule is Nc1ccc(N2CCCC2)cc1C(F)(F)F.Nc1ccc([N+](=O)[O-])c(C(F)(F)F)c1.O=C(O)CCC(=O)Nc1ccc([N+](=O)[O-])c(C(F)(F)F)c1.O=C1CCC(=O)N1c1ccc([N+](=O)[O-])c(C(F)(F)F)c1.O=C1CCC(=O)O1.O=[N+]([O-])c1ccc(N2CCCC2)cc1C(F)(F)F.[HH]. The number of alkyl halides is 15. The summed E-state index contributed by atoms with van der Waals surface area (Å²) in [6, 6.07) is 13.6. The van der Waals surface area contributed by atoms with Crippen molar-refractivity contribution in [1.29, 1.82) is 0 Å². The number of ether oxygens (including phenoxy) is 1. The molecular formula is C55H51F15N10O16. The predicted octanol–water partition coefficient (Wildman–Crippen LogP) is 13.1. The molecule has 4 fully saturated rings. The third-order valence-corrected chi connectivity index (χ3v) is 13.2. The molecule has 96 heavy (non-hydrogen) atoms. The van der Waals surface area contributed by atoms with Crippen molar-refractivity contribution in [3.05, 3.63) is 159 Å². The Labute approximate surface area is 529 Å². The first kappa shape index (κ1) is 77.5. The van der Waals surface area contributed by atoms with E-state index in [4.69, 9.17) is 16.6 Å². The van der Waals surface area contributed by atoms with Gasteiger partial charge in [0.2, 0.25) is 17.7 Å². The van der Waals surface area contributed by atoms with Crippen molar-refractivity contribution in [2.75, 3.05) is 57.7 Å². The van der Waals surface area contributed by atoms with Crippen LogP contribution in [0.5, 0.6) is 0 Å². The molecule has 0 unspecified atom stereocenters. The van der Waals surface area contributed by atoms with E-state index in [0.717, 1.165) is 81.2 Å². The maximum absolute atomic E-state index is 12.8. The number of carbonyl (C=O) groups excluding carboxylic acids is 5. The van der Waals surface area contributed by atoms with Crippen LogP contribution in [0.1, 0.15) is 93.5 Å². The van der Waals surface area contributed by atoms with E-state index in [0.29, 0.717) is 59.7 Å². The van der Waals surface area contributed by atoms with Crippen LogP contribution in [0.15, 0.2) is 91.0 Å². The fraction of sp³-hybridized carbons (Fsp3) is 0.345. The highest BCUT2D eigenvalue weighted by Gasteiger charge is 2.43. The lowest BCUT2D eigenvalue weighted by atomic mass is 10.1. The van der Waals surface area contributed by atoms with E-state index < -0.39 is 150 Å². The van der Waals surface area contributed by atoms with Crippen LogP contribution >= 0.6 is 0 Å². The first-order chi connectivity index (χ1) is 44.3. The molecule has 4 saturated heterocycles. The van der Waals surface area contributed by atoms with E-state index in [1.165, 1.54) is 12.1 Å². The number of aliphatic carboxylic acids is 1. The number of imide groups is 1. The number of anilines is 6. The molecule has 4 heterocycles. The van der Waals surface area contributed by atoms with Crippen molar-refractivity contribution in [2.45, 2.75) is 95.1 Å². The molecule has 5 aromatic rings. The lowest BCUT2D eigenvalue weighted by Crippen LogP contribution is -2.29. The molecule has 4 aliphatic heterocycles.